The van der Waals surface area contributed by atoms with Gasteiger partial charge in [0.1, 0.15) is 5.50 Å². The maximum atomic E-state index is 12.7. The van der Waals surface area contributed by atoms with Crippen LogP contribution >= 0.6 is 11.8 Å². The van der Waals surface area contributed by atoms with Gasteiger partial charge < -0.3 is 0 Å². The Bertz CT molecular complexity index is 155. The highest BCUT2D eigenvalue weighted by atomic mass is 32.2. The van der Waals surface area contributed by atoms with Gasteiger partial charge in [-0.15, -0.1) is 0 Å². The van der Waals surface area contributed by atoms with Crippen molar-refractivity contribution in [1.29, 1.82) is 0 Å². The van der Waals surface area contributed by atoms with Crippen molar-refractivity contribution in [2.24, 2.45) is 0 Å². The standard InChI is InChI=1S/C5H5F5S/c6-3-1-2-4(7,11-3)5(8,9)10/h3H,1-2H2. The summed E-state index contributed by atoms with van der Waals surface area (Å²) in [6.45, 7) is 0. The molecule has 1 rings (SSSR count). The summed E-state index contributed by atoms with van der Waals surface area (Å²) in [7, 11) is 0. The molecule has 0 aromatic carbocycles. The van der Waals surface area contributed by atoms with E-state index in [9.17, 15) is 22.0 Å². The molecule has 11 heavy (non-hydrogen) atoms. The Morgan fingerprint density at radius 2 is 1.91 bits per heavy atom. The van der Waals surface area contributed by atoms with Crippen LogP contribution in [-0.4, -0.2) is 16.7 Å². The lowest BCUT2D eigenvalue weighted by Gasteiger charge is -2.20. The van der Waals surface area contributed by atoms with Gasteiger partial charge in [0.2, 0.25) is 0 Å². The Morgan fingerprint density at radius 3 is 2.09 bits per heavy atom. The van der Waals surface area contributed by atoms with Gasteiger partial charge in [-0.1, -0.05) is 11.8 Å². The molecule has 1 aliphatic rings. The van der Waals surface area contributed by atoms with Crippen molar-refractivity contribution in [3.63, 3.8) is 0 Å². The number of hydrogen-bond donors (Lipinski definition) is 0. The van der Waals surface area contributed by atoms with Crippen molar-refractivity contribution >= 4 is 11.8 Å². The number of thioether (sulfide) groups is 1. The molecule has 1 aliphatic heterocycles. The number of alkyl halides is 5. The summed E-state index contributed by atoms with van der Waals surface area (Å²) in [6.07, 6.45) is -6.08. The summed E-state index contributed by atoms with van der Waals surface area (Å²) >= 11 is -0.284. The van der Waals surface area contributed by atoms with E-state index in [0.29, 0.717) is 0 Å². The van der Waals surface area contributed by atoms with Crippen molar-refractivity contribution in [1.82, 2.24) is 0 Å². The topological polar surface area (TPSA) is 0 Å². The van der Waals surface area contributed by atoms with E-state index in [1.54, 1.807) is 0 Å². The summed E-state index contributed by atoms with van der Waals surface area (Å²) in [4.78, 5) is 0. The third-order valence-electron chi connectivity index (χ3n) is 1.43. The molecule has 0 spiro atoms. The predicted octanol–water partition coefficient (Wildman–Crippen LogP) is 3.04. The van der Waals surface area contributed by atoms with Crippen molar-refractivity contribution in [2.45, 2.75) is 29.5 Å². The highest BCUT2D eigenvalue weighted by Crippen LogP contribution is 2.53. The molecule has 1 fully saturated rings. The molecule has 1 saturated heterocycles. The minimum atomic E-state index is -4.95. The number of rotatable bonds is 0. The average Bonchev–Trinajstić information content (AvgIpc) is 2.10. The second-order valence-corrected chi connectivity index (χ2v) is 3.69. The van der Waals surface area contributed by atoms with Crippen molar-refractivity contribution in [3.8, 4) is 0 Å². The second kappa shape index (κ2) is 2.50. The Labute approximate surface area is 64.1 Å². The van der Waals surface area contributed by atoms with Gasteiger partial charge in [0.15, 0.2) is 0 Å². The van der Waals surface area contributed by atoms with E-state index in [1.165, 1.54) is 0 Å². The summed E-state index contributed by atoms with van der Waals surface area (Å²) in [6, 6.07) is 0. The highest BCUT2D eigenvalue weighted by molar-refractivity contribution is 8.01. The molecule has 0 N–H and O–H groups in total. The molecule has 0 radical (unpaired) electrons. The van der Waals surface area contributed by atoms with E-state index >= 15 is 0 Å². The Morgan fingerprint density at radius 1 is 1.36 bits per heavy atom. The van der Waals surface area contributed by atoms with Crippen LogP contribution in [0.4, 0.5) is 22.0 Å². The van der Waals surface area contributed by atoms with E-state index in [2.05, 4.69) is 0 Å². The Kier molecular flexibility index (Phi) is 2.07. The van der Waals surface area contributed by atoms with Crippen LogP contribution in [0.1, 0.15) is 12.8 Å². The largest absolute Gasteiger partial charge is 0.432 e. The Hall–Kier alpha value is -0.0000000000000000555. The fraction of sp³-hybridized carbons (Fsp3) is 1.00. The van der Waals surface area contributed by atoms with Crippen LogP contribution in [0.15, 0.2) is 0 Å². The first-order valence-corrected chi connectivity index (χ1v) is 3.81. The lowest BCUT2D eigenvalue weighted by Crippen LogP contribution is -2.34. The summed E-state index contributed by atoms with van der Waals surface area (Å²) in [5.74, 6) is 0. The molecular formula is C5H5F5S. The maximum absolute atomic E-state index is 12.7. The van der Waals surface area contributed by atoms with Crippen LogP contribution in [-0.2, 0) is 0 Å². The zero-order chi connectivity index (χ0) is 8.70. The Balaban J connectivity index is 2.69. The van der Waals surface area contributed by atoms with E-state index in [-0.39, 0.29) is 18.2 Å². The van der Waals surface area contributed by atoms with E-state index in [1.807, 2.05) is 0 Å². The first-order valence-electron chi connectivity index (χ1n) is 2.93. The fourth-order valence-electron chi connectivity index (χ4n) is 0.828. The average molecular weight is 192 g/mol. The van der Waals surface area contributed by atoms with Gasteiger partial charge in [-0.25, -0.2) is 8.78 Å². The first kappa shape index (κ1) is 9.09. The van der Waals surface area contributed by atoms with Crippen molar-refractivity contribution in [2.75, 3.05) is 0 Å². The molecule has 6 heteroatoms. The molecule has 0 amide bonds. The summed E-state index contributed by atoms with van der Waals surface area (Å²) in [5.41, 5.74) is -1.72. The first-order chi connectivity index (χ1) is 4.85. The van der Waals surface area contributed by atoms with Gasteiger partial charge >= 0.3 is 6.18 Å². The molecule has 0 bridgehead atoms. The van der Waals surface area contributed by atoms with Gasteiger partial charge in [0, 0.05) is 6.42 Å². The molecule has 0 aromatic heterocycles. The zero-order valence-corrected chi connectivity index (χ0v) is 6.11. The van der Waals surface area contributed by atoms with Crippen molar-refractivity contribution < 1.29 is 22.0 Å². The van der Waals surface area contributed by atoms with E-state index in [4.69, 9.17) is 0 Å². The number of halogens is 5. The lowest BCUT2D eigenvalue weighted by atomic mass is 10.2. The maximum Gasteiger partial charge on any atom is 0.432 e. The van der Waals surface area contributed by atoms with Crippen LogP contribution in [0.2, 0.25) is 0 Å². The van der Waals surface area contributed by atoms with Crippen LogP contribution in [0.5, 0.6) is 0 Å². The monoisotopic (exact) mass is 192 g/mol. The van der Waals surface area contributed by atoms with Crippen LogP contribution in [0.3, 0.4) is 0 Å². The van der Waals surface area contributed by atoms with Gasteiger partial charge in [0.25, 0.3) is 5.00 Å². The molecule has 66 valence electrons. The minimum absolute atomic E-state index is 0.284. The quantitative estimate of drug-likeness (QED) is 0.531. The van der Waals surface area contributed by atoms with Gasteiger partial charge in [-0.2, -0.15) is 13.2 Å². The SMILES string of the molecule is FC1CCC(F)(C(F)(F)F)S1. The van der Waals surface area contributed by atoms with Crippen molar-refractivity contribution in [3.05, 3.63) is 0 Å². The second-order valence-electron chi connectivity index (χ2n) is 2.29. The molecular weight excluding hydrogens is 187 g/mol. The molecule has 2 unspecified atom stereocenters. The molecule has 0 saturated carbocycles. The van der Waals surface area contributed by atoms with E-state index in [0.717, 1.165) is 0 Å². The van der Waals surface area contributed by atoms with Crippen LogP contribution in [0, 0.1) is 0 Å². The molecule has 0 aromatic rings. The third-order valence-corrected chi connectivity index (χ3v) is 2.73. The van der Waals surface area contributed by atoms with Crippen LogP contribution < -0.4 is 0 Å². The van der Waals surface area contributed by atoms with Crippen LogP contribution in [0.25, 0.3) is 0 Å². The highest BCUT2D eigenvalue weighted by Gasteiger charge is 2.60. The third kappa shape index (κ3) is 1.60. The number of hydrogen-bond acceptors (Lipinski definition) is 1. The fourth-order valence-corrected chi connectivity index (χ4v) is 1.84. The smallest absolute Gasteiger partial charge is 0.236 e. The molecule has 0 nitrogen and oxygen atoms in total. The van der Waals surface area contributed by atoms with Gasteiger partial charge in [-0.3, -0.25) is 0 Å². The normalized spacial score (nSPS) is 39.5. The lowest BCUT2D eigenvalue weighted by molar-refractivity contribution is -0.194. The molecule has 0 aliphatic carbocycles. The zero-order valence-electron chi connectivity index (χ0n) is 5.29. The van der Waals surface area contributed by atoms with Gasteiger partial charge in [0.05, 0.1) is 0 Å². The van der Waals surface area contributed by atoms with Gasteiger partial charge in [-0.05, 0) is 6.42 Å². The molecule has 2 atom stereocenters. The summed E-state index contributed by atoms with van der Waals surface area (Å²) in [5, 5.41) is -3.35. The predicted molar refractivity (Wildman–Crippen MR) is 31.6 cm³/mol. The summed E-state index contributed by atoms with van der Waals surface area (Å²) < 4.78 is 60.1. The minimum Gasteiger partial charge on any atom is -0.236 e. The molecule has 1 heterocycles. The van der Waals surface area contributed by atoms with E-state index < -0.39 is 23.1 Å².